The molecule has 7 heteroatoms. The van der Waals surface area contributed by atoms with Gasteiger partial charge in [0.2, 0.25) is 17.6 Å². The SMILES string of the molecule is Cc1ccc(NC(=O)CCc2nc(-c3ccco3)no2)c(O)c1. The van der Waals surface area contributed by atoms with Crippen molar-refractivity contribution in [1.29, 1.82) is 0 Å². The molecule has 0 spiro atoms. The highest BCUT2D eigenvalue weighted by atomic mass is 16.5. The zero-order chi connectivity index (χ0) is 16.2. The lowest BCUT2D eigenvalue weighted by molar-refractivity contribution is -0.116. The van der Waals surface area contributed by atoms with Gasteiger partial charge in [-0.25, -0.2) is 0 Å². The molecule has 0 bridgehead atoms. The van der Waals surface area contributed by atoms with Crippen LogP contribution in [0.4, 0.5) is 5.69 Å². The van der Waals surface area contributed by atoms with E-state index in [4.69, 9.17) is 8.94 Å². The maximum Gasteiger partial charge on any atom is 0.238 e. The second-order valence-electron chi connectivity index (χ2n) is 5.06. The largest absolute Gasteiger partial charge is 0.506 e. The number of phenolic OH excluding ortho intramolecular Hbond substituents is 1. The number of rotatable bonds is 5. The van der Waals surface area contributed by atoms with Crippen LogP contribution < -0.4 is 5.32 Å². The number of aromatic nitrogens is 2. The zero-order valence-electron chi connectivity index (χ0n) is 12.4. The van der Waals surface area contributed by atoms with Crippen LogP contribution in [0.15, 0.2) is 45.5 Å². The molecule has 2 N–H and O–H groups in total. The molecule has 0 atom stereocenters. The van der Waals surface area contributed by atoms with Crippen LogP contribution in [-0.4, -0.2) is 21.2 Å². The molecular formula is C16H15N3O4. The molecule has 7 nitrogen and oxygen atoms in total. The highest BCUT2D eigenvalue weighted by molar-refractivity contribution is 5.92. The molecule has 0 aliphatic carbocycles. The molecule has 0 saturated heterocycles. The lowest BCUT2D eigenvalue weighted by Gasteiger charge is -2.07. The van der Waals surface area contributed by atoms with Crippen LogP contribution in [0, 0.1) is 6.92 Å². The molecule has 0 aliphatic heterocycles. The van der Waals surface area contributed by atoms with E-state index in [1.807, 2.05) is 13.0 Å². The van der Waals surface area contributed by atoms with Crippen LogP contribution in [0.2, 0.25) is 0 Å². The van der Waals surface area contributed by atoms with Crippen molar-refractivity contribution in [3.8, 4) is 17.3 Å². The summed E-state index contributed by atoms with van der Waals surface area (Å²) in [7, 11) is 0. The average molecular weight is 313 g/mol. The fraction of sp³-hybridized carbons (Fsp3) is 0.188. The van der Waals surface area contributed by atoms with Gasteiger partial charge in [-0.3, -0.25) is 4.79 Å². The number of nitrogens with zero attached hydrogens (tertiary/aromatic N) is 2. The predicted molar refractivity (Wildman–Crippen MR) is 81.8 cm³/mol. The van der Waals surface area contributed by atoms with Crippen molar-refractivity contribution in [3.05, 3.63) is 48.0 Å². The Labute approximate surface area is 131 Å². The van der Waals surface area contributed by atoms with E-state index in [2.05, 4.69) is 15.5 Å². The van der Waals surface area contributed by atoms with E-state index in [0.29, 0.717) is 29.6 Å². The Bertz CT molecular complexity index is 809. The number of furan rings is 1. The minimum absolute atomic E-state index is 0.0382. The number of hydrogen-bond donors (Lipinski definition) is 2. The van der Waals surface area contributed by atoms with E-state index in [-0.39, 0.29) is 18.1 Å². The number of carbonyl (C=O) groups excluding carboxylic acids is 1. The van der Waals surface area contributed by atoms with Crippen LogP contribution in [0.5, 0.6) is 5.75 Å². The van der Waals surface area contributed by atoms with Crippen LogP contribution >= 0.6 is 0 Å². The number of anilines is 1. The summed E-state index contributed by atoms with van der Waals surface area (Å²) in [6.07, 6.45) is 1.98. The first-order valence-electron chi connectivity index (χ1n) is 7.08. The van der Waals surface area contributed by atoms with Gasteiger partial charge in [-0.2, -0.15) is 4.98 Å². The molecule has 0 saturated carbocycles. The van der Waals surface area contributed by atoms with Gasteiger partial charge in [-0.15, -0.1) is 0 Å². The number of aryl methyl sites for hydroxylation is 2. The molecule has 118 valence electrons. The molecule has 3 rings (SSSR count). The molecule has 0 aliphatic rings. The first-order chi connectivity index (χ1) is 11.1. The fourth-order valence-electron chi connectivity index (χ4n) is 2.04. The average Bonchev–Trinajstić information content (AvgIpc) is 3.18. The summed E-state index contributed by atoms with van der Waals surface area (Å²) in [6.45, 7) is 1.86. The highest BCUT2D eigenvalue weighted by Gasteiger charge is 2.13. The molecular weight excluding hydrogens is 298 g/mol. The quantitative estimate of drug-likeness (QED) is 0.702. The fourth-order valence-corrected chi connectivity index (χ4v) is 2.04. The van der Waals surface area contributed by atoms with Gasteiger partial charge in [0.15, 0.2) is 5.76 Å². The van der Waals surface area contributed by atoms with E-state index >= 15 is 0 Å². The van der Waals surface area contributed by atoms with Crippen LogP contribution in [0.25, 0.3) is 11.6 Å². The number of aromatic hydroxyl groups is 1. The Hall–Kier alpha value is -3.09. The van der Waals surface area contributed by atoms with Crippen molar-refractivity contribution in [1.82, 2.24) is 10.1 Å². The minimum Gasteiger partial charge on any atom is -0.506 e. The Balaban J connectivity index is 1.57. The first-order valence-corrected chi connectivity index (χ1v) is 7.08. The van der Waals surface area contributed by atoms with Gasteiger partial charge in [0.05, 0.1) is 12.0 Å². The first kappa shape index (κ1) is 14.8. The number of amides is 1. The molecule has 23 heavy (non-hydrogen) atoms. The van der Waals surface area contributed by atoms with Gasteiger partial charge in [-0.1, -0.05) is 11.2 Å². The maximum absolute atomic E-state index is 11.9. The minimum atomic E-state index is -0.248. The van der Waals surface area contributed by atoms with E-state index in [1.54, 1.807) is 24.3 Å². The highest BCUT2D eigenvalue weighted by Crippen LogP contribution is 2.24. The van der Waals surface area contributed by atoms with E-state index in [1.165, 1.54) is 6.26 Å². The van der Waals surface area contributed by atoms with Crippen molar-refractivity contribution < 1.29 is 18.8 Å². The normalized spacial score (nSPS) is 10.7. The maximum atomic E-state index is 11.9. The van der Waals surface area contributed by atoms with Crippen molar-refractivity contribution in [2.75, 3.05) is 5.32 Å². The van der Waals surface area contributed by atoms with Crippen molar-refractivity contribution in [2.45, 2.75) is 19.8 Å². The van der Waals surface area contributed by atoms with E-state index in [9.17, 15) is 9.90 Å². The van der Waals surface area contributed by atoms with Crippen molar-refractivity contribution in [3.63, 3.8) is 0 Å². The zero-order valence-corrected chi connectivity index (χ0v) is 12.4. The van der Waals surface area contributed by atoms with Gasteiger partial charge in [0.1, 0.15) is 5.75 Å². The van der Waals surface area contributed by atoms with Crippen molar-refractivity contribution in [2.24, 2.45) is 0 Å². The second kappa shape index (κ2) is 6.35. The van der Waals surface area contributed by atoms with E-state index < -0.39 is 0 Å². The second-order valence-corrected chi connectivity index (χ2v) is 5.06. The van der Waals surface area contributed by atoms with Gasteiger partial charge in [0.25, 0.3) is 0 Å². The third kappa shape index (κ3) is 3.57. The van der Waals surface area contributed by atoms with Gasteiger partial charge in [0, 0.05) is 12.8 Å². The predicted octanol–water partition coefficient (Wildman–Crippen LogP) is 2.91. The summed E-state index contributed by atoms with van der Waals surface area (Å²) in [6, 6.07) is 8.50. The van der Waals surface area contributed by atoms with Crippen LogP contribution in [0.3, 0.4) is 0 Å². The summed E-state index contributed by atoms with van der Waals surface area (Å²) in [5.74, 6) is 0.994. The molecule has 2 heterocycles. The number of benzene rings is 1. The lowest BCUT2D eigenvalue weighted by Crippen LogP contribution is -2.12. The van der Waals surface area contributed by atoms with Gasteiger partial charge < -0.3 is 19.4 Å². The molecule has 0 radical (unpaired) electrons. The van der Waals surface area contributed by atoms with Gasteiger partial charge in [-0.05, 0) is 36.8 Å². The lowest BCUT2D eigenvalue weighted by atomic mass is 10.2. The number of nitrogens with one attached hydrogen (secondary N) is 1. The summed E-state index contributed by atoms with van der Waals surface area (Å²) in [4.78, 5) is 16.1. The Kier molecular flexibility index (Phi) is 4.09. The molecule has 0 unspecified atom stereocenters. The third-order valence-electron chi connectivity index (χ3n) is 3.20. The topological polar surface area (TPSA) is 101 Å². The number of carbonyl (C=O) groups is 1. The summed E-state index contributed by atoms with van der Waals surface area (Å²) >= 11 is 0. The summed E-state index contributed by atoms with van der Waals surface area (Å²) in [5, 5.41) is 16.2. The molecule has 0 fully saturated rings. The molecule has 1 aromatic carbocycles. The van der Waals surface area contributed by atoms with Gasteiger partial charge >= 0.3 is 0 Å². The van der Waals surface area contributed by atoms with Crippen LogP contribution in [0.1, 0.15) is 17.9 Å². The van der Waals surface area contributed by atoms with Crippen LogP contribution in [-0.2, 0) is 11.2 Å². The Morgan fingerprint density at radius 1 is 1.35 bits per heavy atom. The summed E-state index contributed by atoms with van der Waals surface area (Å²) < 4.78 is 10.2. The Morgan fingerprint density at radius 3 is 2.96 bits per heavy atom. The summed E-state index contributed by atoms with van der Waals surface area (Å²) in [5.41, 5.74) is 1.29. The third-order valence-corrected chi connectivity index (χ3v) is 3.20. The smallest absolute Gasteiger partial charge is 0.238 e. The van der Waals surface area contributed by atoms with E-state index in [0.717, 1.165) is 5.56 Å². The molecule has 3 aromatic rings. The number of phenols is 1. The van der Waals surface area contributed by atoms with Crippen molar-refractivity contribution >= 4 is 11.6 Å². The molecule has 2 aromatic heterocycles. The monoisotopic (exact) mass is 313 g/mol. The standard InChI is InChI=1S/C16H15N3O4/c1-10-4-5-11(12(20)9-10)17-14(21)6-7-15-18-16(19-23-15)13-3-2-8-22-13/h2-5,8-9,20H,6-7H2,1H3,(H,17,21). The Morgan fingerprint density at radius 2 is 2.22 bits per heavy atom. The number of hydrogen-bond acceptors (Lipinski definition) is 6. The molecule has 1 amide bonds.